The first kappa shape index (κ1) is 25.3. The summed E-state index contributed by atoms with van der Waals surface area (Å²) in [6.07, 6.45) is 1.81. The first-order valence-corrected chi connectivity index (χ1v) is 11.8. The van der Waals surface area contributed by atoms with Crippen LogP contribution in [-0.2, 0) is 14.3 Å². The summed E-state index contributed by atoms with van der Waals surface area (Å²) in [6.45, 7) is 12.0. The van der Waals surface area contributed by atoms with E-state index in [0.29, 0.717) is 32.7 Å². The van der Waals surface area contributed by atoms with Crippen LogP contribution in [-0.4, -0.2) is 53.8 Å². The van der Waals surface area contributed by atoms with Gasteiger partial charge in [0.15, 0.2) is 23.3 Å². The molecule has 1 amide bonds. The van der Waals surface area contributed by atoms with E-state index in [1.165, 1.54) is 11.8 Å². The number of rotatable bonds is 9. The third-order valence-electron chi connectivity index (χ3n) is 4.02. The molecule has 9 heteroatoms. The normalized spacial score (nSPS) is 16.7. The number of amides is 1. The van der Waals surface area contributed by atoms with Gasteiger partial charge >= 0.3 is 5.97 Å². The summed E-state index contributed by atoms with van der Waals surface area (Å²) in [5, 5.41) is 0.705. The van der Waals surface area contributed by atoms with Crippen LogP contribution in [0.25, 0.3) is 6.08 Å². The number of carbonyl (C=O) groups excluding carboxylic acids is 2. The Bertz CT molecular complexity index is 883. The number of halogens is 1. The highest BCUT2D eigenvalue weighted by atomic mass is 79.9. The number of carbonyl (C=O) groups is 2. The Labute approximate surface area is 196 Å². The number of aliphatic imine (C=N–C) groups is 1. The third kappa shape index (κ3) is 6.74. The van der Waals surface area contributed by atoms with Crippen molar-refractivity contribution in [2.24, 2.45) is 4.99 Å². The Kier molecular flexibility index (Phi) is 9.43. The average Bonchev–Trinajstić information content (AvgIpc) is 2.97. The van der Waals surface area contributed by atoms with Gasteiger partial charge < -0.3 is 14.2 Å². The molecule has 0 aliphatic carbocycles. The van der Waals surface area contributed by atoms with Gasteiger partial charge in [0.2, 0.25) is 0 Å². The quantitative estimate of drug-likeness (QED) is 0.346. The lowest BCUT2D eigenvalue weighted by atomic mass is 10.1. The Morgan fingerprint density at radius 2 is 1.84 bits per heavy atom. The Morgan fingerprint density at radius 3 is 2.42 bits per heavy atom. The Morgan fingerprint density at radius 1 is 1.16 bits per heavy atom. The molecule has 1 aromatic rings. The molecule has 1 heterocycles. The van der Waals surface area contributed by atoms with Crippen molar-refractivity contribution >= 4 is 50.8 Å². The van der Waals surface area contributed by atoms with Crippen LogP contribution in [0.5, 0.6) is 11.5 Å². The molecule has 1 saturated heterocycles. The van der Waals surface area contributed by atoms with E-state index in [9.17, 15) is 9.59 Å². The average molecular weight is 513 g/mol. The number of nitrogens with zero attached hydrogens (tertiary/aromatic N) is 2. The predicted molar refractivity (Wildman–Crippen MR) is 128 cm³/mol. The molecule has 2 rings (SSSR count). The van der Waals surface area contributed by atoms with Crippen LogP contribution in [0.2, 0.25) is 0 Å². The molecule has 0 atom stereocenters. The molecule has 0 aromatic heterocycles. The molecule has 1 aliphatic rings. The lowest BCUT2D eigenvalue weighted by Crippen LogP contribution is -2.35. The highest BCUT2D eigenvalue weighted by Gasteiger charge is 2.35. The number of esters is 1. The molecule has 0 spiro atoms. The largest absolute Gasteiger partial charge is 0.490 e. The molecule has 170 valence electrons. The van der Waals surface area contributed by atoms with Crippen molar-refractivity contribution in [1.29, 1.82) is 0 Å². The van der Waals surface area contributed by atoms with E-state index in [1.807, 2.05) is 40.7 Å². The zero-order chi connectivity index (χ0) is 23.1. The Balaban J connectivity index is 2.37. The minimum Gasteiger partial charge on any atom is -0.490 e. The summed E-state index contributed by atoms with van der Waals surface area (Å²) in [5.41, 5.74) is 0.761. The fourth-order valence-corrected chi connectivity index (χ4v) is 4.44. The maximum absolute atomic E-state index is 13.0. The van der Waals surface area contributed by atoms with E-state index >= 15 is 0 Å². The van der Waals surface area contributed by atoms with Gasteiger partial charge in [-0.05, 0) is 77.1 Å². The van der Waals surface area contributed by atoms with E-state index in [-0.39, 0.29) is 31.2 Å². The summed E-state index contributed by atoms with van der Waals surface area (Å²) in [5.74, 6) is 0.368. The summed E-state index contributed by atoms with van der Waals surface area (Å²) in [4.78, 5) is 31.5. The molecule has 31 heavy (non-hydrogen) atoms. The van der Waals surface area contributed by atoms with Crippen molar-refractivity contribution in [2.45, 2.75) is 53.6 Å². The van der Waals surface area contributed by atoms with Gasteiger partial charge in [0, 0.05) is 16.6 Å². The predicted octanol–water partition coefficient (Wildman–Crippen LogP) is 4.88. The first-order valence-electron chi connectivity index (χ1n) is 10.2. The van der Waals surface area contributed by atoms with Crippen molar-refractivity contribution in [2.75, 3.05) is 19.8 Å². The monoisotopic (exact) mass is 512 g/mol. The second-order valence-corrected chi connectivity index (χ2v) is 9.10. The van der Waals surface area contributed by atoms with Crippen LogP contribution in [0.15, 0.2) is 26.5 Å². The molecule has 0 bridgehead atoms. The molecular formula is C22H29BrN2O5S. The van der Waals surface area contributed by atoms with Crippen molar-refractivity contribution in [3.8, 4) is 11.5 Å². The number of thioether (sulfide) groups is 1. The van der Waals surface area contributed by atoms with E-state index in [0.717, 1.165) is 5.56 Å². The van der Waals surface area contributed by atoms with Gasteiger partial charge in [-0.25, -0.2) is 4.79 Å². The van der Waals surface area contributed by atoms with Crippen LogP contribution in [0.3, 0.4) is 0 Å². The minimum atomic E-state index is -0.453. The van der Waals surface area contributed by atoms with Gasteiger partial charge in [-0.1, -0.05) is 15.9 Å². The van der Waals surface area contributed by atoms with E-state index < -0.39 is 5.97 Å². The molecule has 0 radical (unpaired) electrons. The van der Waals surface area contributed by atoms with Gasteiger partial charge in [-0.3, -0.25) is 14.7 Å². The molecule has 0 saturated carbocycles. The van der Waals surface area contributed by atoms with Gasteiger partial charge in [-0.2, -0.15) is 0 Å². The van der Waals surface area contributed by atoms with E-state index in [2.05, 4.69) is 20.9 Å². The summed E-state index contributed by atoms with van der Waals surface area (Å²) in [6, 6.07) is 3.60. The SMILES string of the molecule is CCOC(=O)COc1cc(Br)c(/C=C2/SC(=NC(C)C)N(C(C)C)C2=O)cc1OCC. The third-order valence-corrected chi connectivity index (χ3v) is 5.71. The summed E-state index contributed by atoms with van der Waals surface area (Å²) >= 11 is 4.90. The molecule has 1 aromatic carbocycles. The summed E-state index contributed by atoms with van der Waals surface area (Å²) in [7, 11) is 0. The van der Waals surface area contributed by atoms with Crippen LogP contribution in [0.4, 0.5) is 0 Å². The molecule has 0 unspecified atom stereocenters. The van der Waals surface area contributed by atoms with Gasteiger partial charge in [0.05, 0.1) is 18.1 Å². The zero-order valence-electron chi connectivity index (χ0n) is 18.7. The molecule has 7 nitrogen and oxygen atoms in total. The van der Waals surface area contributed by atoms with Crippen molar-refractivity contribution < 1.29 is 23.8 Å². The smallest absolute Gasteiger partial charge is 0.344 e. The Hall–Kier alpha value is -2.00. The molecular weight excluding hydrogens is 484 g/mol. The number of hydrogen-bond donors (Lipinski definition) is 0. The second kappa shape index (κ2) is 11.6. The topological polar surface area (TPSA) is 77.4 Å². The first-order chi connectivity index (χ1) is 14.7. The van der Waals surface area contributed by atoms with Gasteiger partial charge in [0.25, 0.3) is 5.91 Å². The van der Waals surface area contributed by atoms with Crippen LogP contribution >= 0.6 is 27.7 Å². The van der Waals surface area contributed by atoms with E-state index in [4.69, 9.17) is 14.2 Å². The number of amidine groups is 1. The maximum Gasteiger partial charge on any atom is 0.344 e. The van der Waals surface area contributed by atoms with Crippen molar-refractivity contribution in [3.05, 3.63) is 27.1 Å². The van der Waals surface area contributed by atoms with Crippen LogP contribution in [0, 0.1) is 0 Å². The number of benzene rings is 1. The fourth-order valence-electron chi connectivity index (χ4n) is 2.78. The zero-order valence-corrected chi connectivity index (χ0v) is 21.1. The number of hydrogen-bond acceptors (Lipinski definition) is 7. The van der Waals surface area contributed by atoms with Crippen LogP contribution in [0.1, 0.15) is 47.1 Å². The standard InChI is InChI=1S/C22H29BrN2O5S/c1-7-28-17-9-15(16(23)11-18(17)30-12-20(26)29-8-2)10-19-21(27)25(14(5)6)22(31-19)24-13(3)4/h9-11,13-14H,7-8,12H2,1-6H3/b19-10+,24-22?. The highest BCUT2D eigenvalue weighted by molar-refractivity contribution is 9.10. The second-order valence-electron chi connectivity index (χ2n) is 7.23. The minimum absolute atomic E-state index is 0.00415. The van der Waals surface area contributed by atoms with Gasteiger partial charge in [-0.15, -0.1) is 0 Å². The van der Waals surface area contributed by atoms with E-state index in [1.54, 1.807) is 24.0 Å². The maximum atomic E-state index is 13.0. The van der Waals surface area contributed by atoms with Gasteiger partial charge in [0.1, 0.15) is 0 Å². The molecule has 1 fully saturated rings. The fraction of sp³-hybridized carbons (Fsp3) is 0.500. The van der Waals surface area contributed by atoms with Crippen LogP contribution < -0.4 is 9.47 Å². The number of ether oxygens (including phenoxy) is 3. The lowest BCUT2D eigenvalue weighted by molar-refractivity contribution is -0.145. The van der Waals surface area contributed by atoms with Crippen molar-refractivity contribution in [1.82, 2.24) is 4.90 Å². The lowest BCUT2D eigenvalue weighted by Gasteiger charge is -2.20. The molecule has 1 aliphatic heterocycles. The molecule has 0 N–H and O–H groups in total. The van der Waals surface area contributed by atoms with Crippen molar-refractivity contribution in [3.63, 3.8) is 0 Å². The summed E-state index contributed by atoms with van der Waals surface area (Å²) < 4.78 is 16.9. The highest BCUT2D eigenvalue weighted by Crippen LogP contribution is 2.39.